The Bertz CT molecular complexity index is 430. The van der Waals surface area contributed by atoms with E-state index in [1.807, 2.05) is 6.92 Å². The van der Waals surface area contributed by atoms with Crippen molar-refractivity contribution in [3.05, 3.63) is 0 Å². The zero-order valence-corrected chi connectivity index (χ0v) is 13.8. The number of carbonyl (C=O) groups is 1. The molecule has 0 bridgehead atoms. The van der Waals surface area contributed by atoms with Gasteiger partial charge in [0.25, 0.3) is 0 Å². The second kappa shape index (κ2) is 6.89. The second-order valence-corrected chi connectivity index (χ2v) is 8.87. The lowest BCUT2D eigenvalue weighted by Gasteiger charge is -2.31. The fourth-order valence-electron chi connectivity index (χ4n) is 2.37. The summed E-state index contributed by atoms with van der Waals surface area (Å²) >= 11 is 0. The third-order valence-corrected chi connectivity index (χ3v) is 6.27. The van der Waals surface area contributed by atoms with Gasteiger partial charge in [-0.1, -0.05) is 6.42 Å². The molecule has 0 aromatic heterocycles. The normalized spacial score (nSPS) is 24.4. The van der Waals surface area contributed by atoms with Gasteiger partial charge in [0, 0.05) is 18.8 Å². The summed E-state index contributed by atoms with van der Waals surface area (Å²) in [6.07, 6.45) is 4.82. The predicted molar refractivity (Wildman–Crippen MR) is 79.3 cm³/mol. The molecule has 1 N–H and O–H groups in total. The lowest BCUT2D eigenvalue weighted by Crippen LogP contribution is -2.47. The van der Waals surface area contributed by atoms with Gasteiger partial charge in [-0.25, -0.2) is 8.42 Å². The van der Waals surface area contributed by atoms with Crippen LogP contribution in [0.25, 0.3) is 0 Å². The van der Waals surface area contributed by atoms with E-state index in [1.165, 1.54) is 6.26 Å². The molecular formula is C14H27NO4S. The van der Waals surface area contributed by atoms with E-state index in [-0.39, 0.29) is 17.9 Å². The van der Waals surface area contributed by atoms with Crippen molar-refractivity contribution < 1.29 is 17.9 Å². The summed E-state index contributed by atoms with van der Waals surface area (Å²) in [5.41, 5.74) is 0. The number of carbonyl (C=O) groups excluding carboxylic acids is 1. The predicted octanol–water partition coefficient (Wildman–Crippen LogP) is 1.52. The molecule has 0 heterocycles. The van der Waals surface area contributed by atoms with Crippen LogP contribution in [0.5, 0.6) is 0 Å². The Hall–Kier alpha value is -0.620. The highest BCUT2D eigenvalue weighted by Crippen LogP contribution is 2.26. The van der Waals surface area contributed by atoms with Crippen LogP contribution in [0, 0.1) is 5.92 Å². The van der Waals surface area contributed by atoms with Crippen LogP contribution in [0.4, 0.5) is 0 Å². The Kier molecular flexibility index (Phi) is 6.01. The van der Waals surface area contributed by atoms with Gasteiger partial charge in [0.2, 0.25) is 0 Å². The monoisotopic (exact) mass is 305 g/mol. The van der Waals surface area contributed by atoms with Gasteiger partial charge in [0.05, 0.1) is 17.3 Å². The molecular weight excluding hydrogens is 278 g/mol. The Morgan fingerprint density at radius 1 is 1.35 bits per heavy atom. The highest BCUT2D eigenvalue weighted by molar-refractivity contribution is 7.92. The number of ether oxygens (including phenoxy) is 1. The first-order valence-corrected chi connectivity index (χ1v) is 9.16. The van der Waals surface area contributed by atoms with Crippen molar-refractivity contribution >= 4 is 15.8 Å². The van der Waals surface area contributed by atoms with E-state index in [4.69, 9.17) is 4.74 Å². The number of sulfone groups is 1. The van der Waals surface area contributed by atoms with Crippen LogP contribution < -0.4 is 5.32 Å². The highest BCUT2D eigenvalue weighted by Gasteiger charge is 2.33. The number of hydrogen-bond donors (Lipinski definition) is 1. The minimum Gasteiger partial charge on any atom is -0.466 e. The summed E-state index contributed by atoms with van der Waals surface area (Å²) < 4.78 is 27.6. The molecule has 0 aromatic rings. The number of rotatable bonds is 6. The summed E-state index contributed by atoms with van der Waals surface area (Å²) in [5.74, 6) is -0.177. The van der Waals surface area contributed by atoms with Crippen molar-refractivity contribution in [2.75, 3.05) is 19.4 Å². The molecule has 1 fully saturated rings. The average Bonchev–Trinajstić information content (AvgIpc) is 2.36. The molecule has 1 rings (SSSR count). The lowest BCUT2D eigenvalue weighted by atomic mass is 9.85. The summed E-state index contributed by atoms with van der Waals surface area (Å²) in [5, 5.41) is 3.31. The molecule has 0 spiro atoms. The summed E-state index contributed by atoms with van der Waals surface area (Å²) in [7, 11) is -3.10. The maximum absolute atomic E-state index is 11.8. The molecule has 0 radical (unpaired) electrons. The van der Waals surface area contributed by atoms with E-state index < -0.39 is 14.6 Å². The van der Waals surface area contributed by atoms with E-state index in [0.717, 1.165) is 25.7 Å². The van der Waals surface area contributed by atoms with E-state index >= 15 is 0 Å². The summed E-state index contributed by atoms with van der Waals surface area (Å²) in [4.78, 5) is 11.8. The number of nitrogens with one attached hydrogen (secondary N) is 1. The first-order chi connectivity index (χ1) is 9.17. The van der Waals surface area contributed by atoms with Gasteiger partial charge in [-0.2, -0.15) is 0 Å². The zero-order valence-electron chi connectivity index (χ0n) is 12.9. The van der Waals surface area contributed by atoms with Crippen LogP contribution in [0.2, 0.25) is 0 Å². The quantitative estimate of drug-likeness (QED) is 0.753. The van der Waals surface area contributed by atoms with Crippen molar-refractivity contribution in [3.63, 3.8) is 0 Å². The smallest absolute Gasteiger partial charge is 0.308 e. The van der Waals surface area contributed by atoms with Gasteiger partial charge in [0.1, 0.15) is 0 Å². The van der Waals surface area contributed by atoms with Gasteiger partial charge in [-0.3, -0.25) is 4.79 Å². The van der Waals surface area contributed by atoms with Crippen molar-refractivity contribution in [2.24, 2.45) is 5.92 Å². The molecule has 0 amide bonds. The molecule has 1 aliphatic carbocycles. The molecule has 0 aliphatic heterocycles. The van der Waals surface area contributed by atoms with Gasteiger partial charge in [0.15, 0.2) is 9.84 Å². The van der Waals surface area contributed by atoms with Gasteiger partial charge in [-0.05, 0) is 40.0 Å². The van der Waals surface area contributed by atoms with Crippen LogP contribution in [0.3, 0.4) is 0 Å². The van der Waals surface area contributed by atoms with Crippen molar-refractivity contribution in [2.45, 2.75) is 57.2 Å². The molecule has 2 unspecified atom stereocenters. The lowest BCUT2D eigenvalue weighted by molar-refractivity contribution is -0.149. The van der Waals surface area contributed by atoms with E-state index in [0.29, 0.717) is 13.2 Å². The van der Waals surface area contributed by atoms with Crippen LogP contribution in [-0.2, 0) is 19.4 Å². The Balaban J connectivity index is 2.51. The standard InChI is InChI=1S/C14H27NO4S/c1-5-19-13(16)11-7-6-8-12(9-11)15-10-14(2,3)20(4,17)18/h11-12,15H,5-10H2,1-4H3. The second-order valence-electron chi connectivity index (χ2n) is 6.23. The topological polar surface area (TPSA) is 72.5 Å². The fraction of sp³-hybridized carbons (Fsp3) is 0.929. The van der Waals surface area contributed by atoms with Gasteiger partial charge >= 0.3 is 5.97 Å². The first kappa shape index (κ1) is 17.4. The molecule has 1 aliphatic rings. The van der Waals surface area contributed by atoms with Gasteiger partial charge < -0.3 is 10.1 Å². The van der Waals surface area contributed by atoms with Crippen LogP contribution in [0.15, 0.2) is 0 Å². The van der Waals surface area contributed by atoms with E-state index in [9.17, 15) is 13.2 Å². The minimum absolute atomic E-state index is 0.0532. The third kappa shape index (κ3) is 4.74. The van der Waals surface area contributed by atoms with Crippen LogP contribution >= 0.6 is 0 Å². The molecule has 5 nitrogen and oxygen atoms in total. The zero-order chi connectivity index (χ0) is 15.4. The molecule has 2 atom stereocenters. The fourth-order valence-corrected chi connectivity index (χ4v) is 2.72. The third-order valence-electron chi connectivity index (χ3n) is 4.11. The van der Waals surface area contributed by atoms with E-state index in [1.54, 1.807) is 13.8 Å². The minimum atomic E-state index is -3.10. The maximum atomic E-state index is 11.8. The summed E-state index contributed by atoms with van der Waals surface area (Å²) in [6.45, 7) is 6.08. The molecule has 0 aromatic carbocycles. The molecule has 20 heavy (non-hydrogen) atoms. The first-order valence-electron chi connectivity index (χ1n) is 7.27. The van der Waals surface area contributed by atoms with E-state index in [2.05, 4.69) is 5.32 Å². The number of esters is 1. The van der Waals surface area contributed by atoms with Crippen LogP contribution in [0.1, 0.15) is 46.5 Å². The van der Waals surface area contributed by atoms with Crippen molar-refractivity contribution in [3.8, 4) is 0 Å². The van der Waals surface area contributed by atoms with Gasteiger partial charge in [-0.15, -0.1) is 0 Å². The Morgan fingerprint density at radius 3 is 2.55 bits per heavy atom. The Morgan fingerprint density at radius 2 is 2.00 bits per heavy atom. The SMILES string of the molecule is CCOC(=O)C1CCCC(NCC(C)(C)S(C)(=O)=O)C1. The molecule has 118 valence electrons. The van der Waals surface area contributed by atoms with Crippen molar-refractivity contribution in [1.29, 1.82) is 0 Å². The average molecular weight is 305 g/mol. The number of hydrogen-bond acceptors (Lipinski definition) is 5. The van der Waals surface area contributed by atoms with Crippen molar-refractivity contribution in [1.82, 2.24) is 5.32 Å². The highest BCUT2D eigenvalue weighted by atomic mass is 32.2. The van der Waals surface area contributed by atoms with Crippen LogP contribution in [-0.4, -0.2) is 44.6 Å². The summed E-state index contributed by atoms with van der Waals surface area (Å²) in [6, 6.07) is 0.194. The molecule has 1 saturated carbocycles. The largest absolute Gasteiger partial charge is 0.466 e. The Labute approximate surface area is 122 Å². The molecule has 6 heteroatoms. The molecule has 0 saturated heterocycles. The maximum Gasteiger partial charge on any atom is 0.308 e.